The third-order valence-electron chi connectivity index (χ3n) is 13.9. The zero-order chi connectivity index (χ0) is 42.6. The molecule has 318 valence electrons. The van der Waals surface area contributed by atoms with Gasteiger partial charge in [0.2, 0.25) is 0 Å². The highest BCUT2D eigenvalue weighted by Crippen LogP contribution is 2.60. The summed E-state index contributed by atoms with van der Waals surface area (Å²) >= 11 is 0. The van der Waals surface area contributed by atoms with Crippen molar-refractivity contribution in [3.63, 3.8) is 0 Å². The molecule has 6 fully saturated rings. The van der Waals surface area contributed by atoms with E-state index in [0.717, 1.165) is 21.9 Å². The van der Waals surface area contributed by atoms with Crippen LogP contribution in [0.15, 0.2) is 102 Å². The number of aromatic nitrogens is 3. The normalized spacial score (nSPS) is 40.0. The molecule has 5 heterocycles. The van der Waals surface area contributed by atoms with Gasteiger partial charge < -0.3 is 39.8 Å². The molecule has 3 aliphatic heterocycles. The summed E-state index contributed by atoms with van der Waals surface area (Å²) in [6.07, 6.45) is -3.37. The molecular weight excluding hydrogens is 797 g/mol. The molecule has 2 radical (unpaired) electrons. The third-order valence-corrected chi connectivity index (χ3v) is 13.9. The summed E-state index contributed by atoms with van der Waals surface area (Å²) in [5, 5.41) is 70.8. The topological polar surface area (TPSA) is 219 Å². The van der Waals surface area contributed by atoms with Crippen molar-refractivity contribution in [2.24, 2.45) is 23.7 Å². The van der Waals surface area contributed by atoms with Gasteiger partial charge in [-0.25, -0.2) is 34.5 Å². The van der Waals surface area contributed by atoms with E-state index in [4.69, 9.17) is 51.5 Å². The summed E-state index contributed by atoms with van der Waals surface area (Å²) in [6.45, 7) is 1.95. The number of benzene rings is 3. The molecule has 0 amide bonds. The van der Waals surface area contributed by atoms with Crippen molar-refractivity contribution in [3.05, 3.63) is 108 Å². The lowest BCUT2D eigenvalue weighted by atomic mass is 9.53. The summed E-state index contributed by atoms with van der Waals surface area (Å²) in [6, 6.07) is 21.0. The number of nitrogens with zero attached hydrogens (tertiary/aromatic N) is 3. The molecule has 16 heteroatoms. The standard InChI is InChI=1S/C46H44BN3O12/c1-2-3-4-5-6-9-19-12-14-20(15-13-19)44-48-45(21-16-17-23-22-10-7-8-11-24(22)57-25(23)18-21)50-46(49-44)30-33(52)32(51)26-27-38-28-29-42(61-59-38)36(55)35(54)37(56)43(29)62-60-40(28)31(47)39(27)58-41(26)34(30)53/h2-18,26-43,51-56H,1H3/b3-2-,5-4-,9-6+. The minimum absolute atomic E-state index is 0.0325. The van der Waals surface area contributed by atoms with Crippen molar-refractivity contribution in [1.82, 2.24) is 15.0 Å². The maximum Gasteiger partial charge on any atom is 0.163 e. The minimum atomic E-state index is -1.60. The fraction of sp³-hybridized carbons (Fsp3) is 0.413. The SMILES string of the molecule is [B]C1C2OC3C(O)C(c4nc(-c5ccc(/C=C/C=C\C=C/C)cc5)nc(-c5ccc6c(c5)oc5ccccc56)n4)C(O)C(O)C3C2C2OOC3C(O)C(O)C(O)C4OOC1C2C43. The van der Waals surface area contributed by atoms with E-state index in [1.54, 1.807) is 0 Å². The maximum atomic E-state index is 12.4. The van der Waals surface area contributed by atoms with Gasteiger partial charge in [-0.2, -0.15) is 0 Å². The number of rotatable bonds is 6. The van der Waals surface area contributed by atoms with Gasteiger partial charge in [0, 0.05) is 45.6 Å². The Morgan fingerprint density at radius 3 is 1.92 bits per heavy atom. The van der Waals surface area contributed by atoms with Crippen molar-refractivity contribution in [2.45, 2.75) is 91.9 Å². The van der Waals surface area contributed by atoms with E-state index in [1.165, 1.54) is 0 Å². The summed E-state index contributed by atoms with van der Waals surface area (Å²) < 4.78 is 12.8. The third kappa shape index (κ3) is 6.19. The van der Waals surface area contributed by atoms with Crippen LogP contribution in [0.1, 0.15) is 24.2 Å². The second-order valence-corrected chi connectivity index (χ2v) is 17.2. The van der Waals surface area contributed by atoms with Crippen LogP contribution in [-0.2, 0) is 24.3 Å². The summed E-state index contributed by atoms with van der Waals surface area (Å²) in [7, 11) is 6.86. The molecule has 11 rings (SSSR count). The predicted molar refractivity (Wildman–Crippen MR) is 221 cm³/mol. The molecule has 5 aromatic rings. The summed E-state index contributed by atoms with van der Waals surface area (Å²) in [4.78, 5) is 37.7. The molecule has 0 spiro atoms. The number of para-hydroxylation sites is 1. The first kappa shape index (κ1) is 40.1. The van der Waals surface area contributed by atoms with E-state index in [1.807, 2.05) is 110 Å². The first-order valence-electron chi connectivity index (χ1n) is 21.0. The van der Waals surface area contributed by atoms with Gasteiger partial charge in [0.15, 0.2) is 11.6 Å². The fourth-order valence-electron chi connectivity index (χ4n) is 11.0. The molecule has 18 atom stereocenters. The van der Waals surface area contributed by atoms with Gasteiger partial charge in [-0.3, -0.25) is 0 Å². The molecule has 2 aromatic heterocycles. The van der Waals surface area contributed by atoms with Crippen LogP contribution in [0.3, 0.4) is 0 Å². The second-order valence-electron chi connectivity index (χ2n) is 17.2. The Kier molecular flexibility index (Phi) is 10.1. The summed E-state index contributed by atoms with van der Waals surface area (Å²) in [5.74, 6) is -4.62. The molecule has 6 aliphatic rings. The molecule has 62 heavy (non-hydrogen) atoms. The van der Waals surface area contributed by atoms with Crippen LogP contribution in [0, 0.1) is 23.7 Å². The van der Waals surface area contributed by atoms with Gasteiger partial charge in [-0.15, -0.1) is 0 Å². The largest absolute Gasteiger partial charge is 0.456 e. The van der Waals surface area contributed by atoms with Crippen LogP contribution in [0.5, 0.6) is 0 Å². The molecule has 3 saturated heterocycles. The number of ether oxygens (including phenoxy) is 1. The number of furan rings is 1. The van der Waals surface area contributed by atoms with Gasteiger partial charge >= 0.3 is 0 Å². The molecule has 6 N–H and O–H groups in total. The van der Waals surface area contributed by atoms with Crippen molar-refractivity contribution < 1.29 is 59.3 Å². The van der Waals surface area contributed by atoms with Gasteiger partial charge in [-0.05, 0) is 36.5 Å². The van der Waals surface area contributed by atoms with E-state index in [9.17, 15) is 30.6 Å². The maximum absolute atomic E-state index is 12.4. The molecule has 18 unspecified atom stereocenters. The lowest BCUT2D eigenvalue weighted by Crippen LogP contribution is -2.74. The van der Waals surface area contributed by atoms with E-state index in [2.05, 4.69) is 0 Å². The highest BCUT2D eigenvalue weighted by Gasteiger charge is 2.72. The molecule has 0 bridgehead atoms. The quantitative estimate of drug-likeness (QED) is 0.0822. The molecule has 3 saturated carbocycles. The summed E-state index contributed by atoms with van der Waals surface area (Å²) in [5.41, 5.74) is 3.54. The number of hydrogen-bond acceptors (Lipinski definition) is 15. The fourth-order valence-corrected chi connectivity index (χ4v) is 11.0. The van der Waals surface area contributed by atoms with Gasteiger partial charge in [0.1, 0.15) is 53.6 Å². The Bertz CT molecular complexity index is 2580. The Labute approximate surface area is 356 Å². The molecule has 15 nitrogen and oxygen atoms in total. The van der Waals surface area contributed by atoms with Crippen LogP contribution in [0.25, 0.3) is 50.8 Å². The highest BCUT2D eigenvalue weighted by molar-refractivity contribution is 6.12. The van der Waals surface area contributed by atoms with Crippen LogP contribution in [0.4, 0.5) is 0 Å². The van der Waals surface area contributed by atoms with Crippen LogP contribution in [-0.4, -0.2) is 127 Å². The Morgan fingerprint density at radius 2 is 1.16 bits per heavy atom. The monoisotopic (exact) mass is 841 g/mol. The zero-order valence-electron chi connectivity index (χ0n) is 33.3. The number of allylic oxidation sites excluding steroid dienone is 5. The van der Waals surface area contributed by atoms with Crippen molar-refractivity contribution >= 4 is 35.9 Å². The molecule has 3 aliphatic carbocycles. The zero-order valence-corrected chi connectivity index (χ0v) is 33.3. The van der Waals surface area contributed by atoms with Crippen molar-refractivity contribution in [3.8, 4) is 22.8 Å². The van der Waals surface area contributed by atoms with Gasteiger partial charge in [0.05, 0.1) is 50.4 Å². The number of fused-ring (bicyclic) bond motifs is 7. The van der Waals surface area contributed by atoms with Crippen molar-refractivity contribution in [2.75, 3.05) is 0 Å². The van der Waals surface area contributed by atoms with Gasteiger partial charge in [0.25, 0.3) is 0 Å². The van der Waals surface area contributed by atoms with Gasteiger partial charge in [-0.1, -0.05) is 85.0 Å². The Morgan fingerprint density at radius 1 is 0.532 bits per heavy atom. The van der Waals surface area contributed by atoms with Crippen LogP contribution < -0.4 is 0 Å². The van der Waals surface area contributed by atoms with E-state index < -0.39 is 109 Å². The number of aliphatic hydroxyl groups excluding tert-OH is 6. The van der Waals surface area contributed by atoms with E-state index in [-0.39, 0.29) is 17.5 Å². The Hall–Kier alpha value is -4.69. The van der Waals surface area contributed by atoms with Crippen LogP contribution >= 0.6 is 0 Å². The number of aliphatic hydroxyl groups is 6. The van der Waals surface area contributed by atoms with E-state index >= 15 is 0 Å². The first-order valence-corrected chi connectivity index (χ1v) is 21.0. The number of hydrogen-bond donors (Lipinski definition) is 6. The van der Waals surface area contributed by atoms with E-state index in [0.29, 0.717) is 16.7 Å². The smallest absolute Gasteiger partial charge is 0.163 e. The molecule has 3 aromatic carbocycles. The van der Waals surface area contributed by atoms with Crippen molar-refractivity contribution in [1.29, 1.82) is 0 Å². The first-order chi connectivity index (χ1) is 30.1. The molecular formula is C46H44BN3O12. The lowest BCUT2D eigenvalue weighted by molar-refractivity contribution is -0.512. The second kappa shape index (κ2) is 15.5. The van der Waals surface area contributed by atoms with Crippen LogP contribution in [0.2, 0.25) is 5.82 Å². The average molecular weight is 842 g/mol. The average Bonchev–Trinajstić information content (AvgIpc) is 3.89. The Balaban J connectivity index is 0.958. The predicted octanol–water partition coefficient (Wildman–Crippen LogP) is 3.13. The lowest BCUT2D eigenvalue weighted by Gasteiger charge is -2.60. The minimum Gasteiger partial charge on any atom is -0.456 e. The highest BCUT2D eigenvalue weighted by atomic mass is 17.2.